The van der Waals surface area contributed by atoms with E-state index in [1.165, 1.54) is 0 Å². The van der Waals surface area contributed by atoms with E-state index in [1.807, 2.05) is 0 Å². The van der Waals surface area contributed by atoms with Crippen molar-refractivity contribution >= 4 is 5.78 Å². The van der Waals surface area contributed by atoms with Gasteiger partial charge in [-0.1, -0.05) is 27.7 Å². The SMILES string of the molecule is CC1(C)CC1C(=O)C(O)C1CC1(C)C. The topological polar surface area (TPSA) is 37.3 Å². The summed E-state index contributed by atoms with van der Waals surface area (Å²) in [6, 6.07) is 0. The molecule has 0 spiro atoms. The zero-order valence-corrected chi connectivity index (χ0v) is 9.50. The Morgan fingerprint density at radius 1 is 1.21 bits per heavy atom. The Balaban J connectivity index is 1.94. The van der Waals surface area contributed by atoms with Crippen molar-refractivity contribution in [2.24, 2.45) is 22.7 Å². The van der Waals surface area contributed by atoms with E-state index in [0.717, 1.165) is 12.8 Å². The largest absolute Gasteiger partial charge is 0.385 e. The number of aliphatic hydroxyl groups is 1. The number of carbonyl (C=O) groups is 1. The highest BCUT2D eigenvalue weighted by molar-refractivity contribution is 5.89. The Labute approximate surface area is 85.7 Å². The number of rotatable bonds is 3. The van der Waals surface area contributed by atoms with Crippen LogP contribution < -0.4 is 0 Å². The van der Waals surface area contributed by atoms with Gasteiger partial charge in [0.1, 0.15) is 6.10 Å². The van der Waals surface area contributed by atoms with Crippen LogP contribution in [0.1, 0.15) is 40.5 Å². The first-order valence-electron chi connectivity index (χ1n) is 5.47. The van der Waals surface area contributed by atoms with Gasteiger partial charge in [-0.15, -0.1) is 0 Å². The van der Waals surface area contributed by atoms with E-state index < -0.39 is 6.10 Å². The number of hydrogen-bond acceptors (Lipinski definition) is 2. The van der Waals surface area contributed by atoms with E-state index >= 15 is 0 Å². The highest BCUT2D eigenvalue weighted by atomic mass is 16.3. The summed E-state index contributed by atoms with van der Waals surface area (Å²) in [5.41, 5.74) is 0.338. The molecule has 2 saturated carbocycles. The molecule has 0 aromatic carbocycles. The zero-order valence-electron chi connectivity index (χ0n) is 9.50. The van der Waals surface area contributed by atoms with Gasteiger partial charge >= 0.3 is 0 Å². The molecule has 2 heteroatoms. The van der Waals surface area contributed by atoms with Gasteiger partial charge in [-0.2, -0.15) is 0 Å². The molecule has 2 fully saturated rings. The van der Waals surface area contributed by atoms with E-state index in [1.54, 1.807) is 0 Å². The molecule has 3 atom stereocenters. The molecule has 3 unspecified atom stereocenters. The van der Waals surface area contributed by atoms with Crippen LogP contribution in [0.5, 0.6) is 0 Å². The molecule has 14 heavy (non-hydrogen) atoms. The lowest BCUT2D eigenvalue weighted by atomic mass is 9.97. The molecule has 0 aromatic heterocycles. The average Bonchev–Trinajstić information content (AvgIpc) is 2.86. The molecule has 2 aliphatic rings. The van der Waals surface area contributed by atoms with Gasteiger partial charge in [0.25, 0.3) is 0 Å². The minimum atomic E-state index is -0.697. The standard InChI is InChI=1S/C12H20O2/c1-11(2)5-7(11)9(13)10(14)8-6-12(8,3)4/h7-9,13H,5-6H2,1-4H3. The monoisotopic (exact) mass is 196 g/mol. The first-order chi connectivity index (χ1) is 6.26. The maximum absolute atomic E-state index is 11.8. The summed E-state index contributed by atoms with van der Waals surface area (Å²) in [5, 5.41) is 9.89. The summed E-state index contributed by atoms with van der Waals surface area (Å²) < 4.78 is 0. The molecule has 80 valence electrons. The number of Topliss-reactive ketones (excluding diaryl/α,β-unsaturated/α-hetero) is 1. The average molecular weight is 196 g/mol. The lowest BCUT2D eigenvalue weighted by molar-refractivity contribution is -0.130. The van der Waals surface area contributed by atoms with Crippen LogP contribution in [0.3, 0.4) is 0 Å². The summed E-state index contributed by atoms with van der Waals surface area (Å²) in [6.45, 7) is 8.43. The minimum absolute atomic E-state index is 0.0885. The van der Waals surface area contributed by atoms with Crippen molar-refractivity contribution in [3.05, 3.63) is 0 Å². The van der Waals surface area contributed by atoms with Gasteiger partial charge in [0, 0.05) is 5.92 Å². The Morgan fingerprint density at radius 2 is 1.64 bits per heavy atom. The van der Waals surface area contributed by atoms with Crippen molar-refractivity contribution in [3.63, 3.8) is 0 Å². The Morgan fingerprint density at radius 3 is 1.93 bits per heavy atom. The first-order valence-corrected chi connectivity index (χ1v) is 5.47. The molecule has 0 aromatic rings. The molecular weight excluding hydrogens is 176 g/mol. The Bertz CT molecular complexity index is 278. The van der Waals surface area contributed by atoms with Gasteiger partial charge in [0.2, 0.25) is 0 Å². The molecule has 2 nitrogen and oxygen atoms in total. The predicted molar refractivity (Wildman–Crippen MR) is 54.8 cm³/mol. The molecule has 2 rings (SSSR count). The van der Waals surface area contributed by atoms with Gasteiger partial charge in [0.15, 0.2) is 5.78 Å². The quantitative estimate of drug-likeness (QED) is 0.749. The third-order valence-corrected chi connectivity index (χ3v) is 4.12. The van der Waals surface area contributed by atoms with E-state index in [9.17, 15) is 9.90 Å². The molecule has 0 aliphatic heterocycles. The van der Waals surface area contributed by atoms with Gasteiger partial charge < -0.3 is 5.11 Å². The second-order valence-corrected chi connectivity index (χ2v) is 6.39. The first kappa shape index (κ1) is 10.2. The van der Waals surface area contributed by atoms with E-state index in [4.69, 9.17) is 0 Å². The van der Waals surface area contributed by atoms with E-state index in [0.29, 0.717) is 0 Å². The molecule has 0 amide bonds. The highest BCUT2D eigenvalue weighted by Crippen LogP contribution is 2.57. The normalized spacial score (nSPS) is 38.9. The number of aliphatic hydroxyl groups excluding tert-OH is 1. The van der Waals surface area contributed by atoms with Crippen molar-refractivity contribution in [3.8, 4) is 0 Å². The van der Waals surface area contributed by atoms with Crippen LogP contribution >= 0.6 is 0 Å². The van der Waals surface area contributed by atoms with Crippen molar-refractivity contribution in [2.45, 2.75) is 46.6 Å². The molecule has 0 heterocycles. The molecule has 2 aliphatic carbocycles. The van der Waals surface area contributed by atoms with Crippen LogP contribution in [0.4, 0.5) is 0 Å². The minimum Gasteiger partial charge on any atom is -0.385 e. The lowest BCUT2D eigenvalue weighted by Crippen LogP contribution is -2.27. The maximum atomic E-state index is 11.8. The molecule has 1 N–H and O–H groups in total. The predicted octanol–water partition coefficient (Wildman–Crippen LogP) is 2.01. The molecular formula is C12H20O2. The van der Waals surface area contributed by atoms with Crippen molar-refractivity contribution in [2.75, 3.05) is 0 Å². The molecule has 0 saturated heterocycles. The summed E-state index contributed by atoms with van der Waals surface area (Å²) in [6.07, 6.45) is 1.25. The summed E-state index contributed by atoms with van der Waals surface area (Å²) >= 11 is 0. The van der Waals surface area contributed by atoms with Crippen LogP contribution in [0.25, 0.3) is 0 Å². The van der Waals surface area contributed by atoms with Gasteiger partial charge in [-0.05, 0) is 29.6 Å². The third kappa shape index (κ3) is 1.50. The summed E-state index contributed by atoms with van der Waals surface area (Å²) in [5.74, 6) is 0.422. The Hall–Kier alpha value is -0.370. The van der Waals surface area contributed by atoms with Crippen molar-refractivity contribution in [1.82, 2.24) is 0 Å². The van der Waals surface area contributed by atoms with Gasteiger partial charge in [-0.3, -0.25) is 4.79 Å². The van der Waals surface area contributed by atoms with Crippen LogP contribution in [0.15, 0.2) is 0 Å². The van der Waals surface area contributed by atoms with Crippen LogP contribution in [-0.4, -0.2) is 17.0 Å². The van der Waals surface area contributed by atoms with Gasteiger partial charge in [0.05, 0.1) is 0 Å². The lowest BCUT2D eigenvalue weighted by Gasteiger charge is -2.12. The number of ketones is 1. The highest BCUT2D eigenvalue weighted by Gasteiger charge is 2.58. The fourth-order valence-electron chi connectivity index (χ4n) is 2.40. The second kappa shape index (κ2) is 2.60. The molecule has 0 bridgehead atoms. The zero-order chi connectivity index (χ0) is 10.7. The van der Waals surface area contributed by atoms with Crippen LogP contribution in [-0.2, 0) is 4.79 Å². The fourth-order valence-corrected chi connectivity index (χ4v) is 2.40. The van der Waals surface area contributed by atoms with Crippen LogP contribution in [0.2, 0.25) is 0 Å². The summed E-state index contributed by atoms with van der Waals surface area (Å²) in [7, 11) is 0. The fraction of sp³-hybridized carbons (Fsp3) is 0.917. The summed E-state index contributed by atoms with van der Waals surface area (Å²) in [4.78, 5) is 11.8. The third-order valence-electron chi connectivity index (χ3n) is 4.12. The van der Waals surface area contributed by atoms with E-state index in [-0.39, 0.29) is 28.4 Å². The van der Waals surface area contributed by atoms with Crippen molar-refractivity contribution < 1.29 is 9.90 Å². The Kier molecular flexibility index (Phi) is 1.89. The van der Waals surface area contributed by atoms with Gasteiger partial charge in [-0.25, -0.2) is 0 Å². The number of carbonyl (C=O) groups excluding carboxylic acids is 1. The molecule has 0 radical (unpaired) electrons. The van der Waals surface area contributed by atoms with Crippen LogP contribution in [0, 0.1) is 22.7 Å². The number of hydrogen-bond donors (Lipinski definition) is 1. The second-order valence-electron chi connectivity index (χ2n) is 6.39. The van der Waals surface area contributed by atoms with E-state index in [2.05, 4.69) is 27.7 Å². The van der Waals surface area contributed by atoms with Crippen molar-refractivity contribution in [1.29, 1.82) is 0 Å². The smallest absolute Gasteiger partial charge is 0.165 e. The maximum Gasteiger partial charge on any atom is 0.165 e.